The second-order valence-electron chi connectivity index (χ2n) is 11.5. The van der Waals surface area contributed by atoms with Crippen LogP contribution >= 0.6 is 0 Å². The molecule has 0 radical (unpaired) electrons. The van der Waals surface area contributed by atoms with Crippen LogP contribution in [0, 0.1) is 25.7 Å². The number of ether oxygens (including phenoxy) is 1. The van der Waals surface area contributed by atoms with Gasteiger partial charge in [0.2, 0.25) is 17.7 Å². The van der Waals surface area contributed by atoms with Crippen LogP contribution in [0.25, 0.3) is 0 Å². The Hall–Kier alpha value is -2.71. The third kappa shape index (κ3) is 4.77. The highest BCUT2D eigenvalue weighted by atomic mass is 16.5. The predicted molar refractivity (Wildman–Crippen MR) is 147 cm³/mol. The second kappa shape index (κ2) is 10.8. The van der Waals surface area contributed by atoms with Crippen LogP contribution in [0.1, 0.15) is 57.1 Å². The van der Waals surface area contributed by atoms with Crippen molar-refractivity contribution in [3.8, 4) is 0 Å². The largest absolute Gasteiger partial charge is 0.359 e. The molecule has 5 atom stereocenters. The molecule has 2 N–H and O–H groups in total. The van der Waals surface area contributed by atoms with Crippen LogP contribution in [-0.4, -0.2) is 77.5 Å². The van der Waals surface area contributed by atoms with Crippen LogP contribution in [-0.2, 0) is 19.1 Å². The fourth-order valence-corrected chi connectivity index (χ4v) is 7.10. The van der Waals surface area contributed by atoms with Crippen molar-refractivity contribution in [3.63, 3.8) is 0 Å². The van der Waals surface area contributed by atoms with Gasteiger partial charge in [-0.1, -0.05) is 51.3 Å². The Bertz CT molecular complexity index is 1090. The quantitative estimate of drug-likeness (QED) is 0.486. The molecule has 1 aromatic carbocycles. The zero-order valence-electron chi connectivity index (χ0n) is 23.2. The highest BCUT2D eigenvalue weighted by Gasteiger charge is 2.72. The number of aryl methyl sites for hydroxylation is 2. The highest BCUT2D eigenvalue weighted by molar-refractivity contribution is 6.02. The van der Waals surface area contributed by atoms with Gasteiger partial charge in [0.25, 0.3) is 0 Å². The lowest BCUT2D eigenvalue weighted by molar-refractivity contribution is -0.141. The molecule has 2 bridgehead atoms. The first-order valence-corrected chi connectivity index (χ1v) is 14.4. The molecule has 1 aliphatic carbocycles. The second-order valence-corrected chi connectivity index (χ2v) is 11.5. The normalized spacial score (nSPS) is 30.2. The fourth-order valence-electron chi connectivity index (χ4n) is 7.10. The molecule has 206 valence electrons. The Labute approximate surface area is 226 Å². The van der Waals surface area contributed by atoms with Crippen molar-refractivity contribution < 1.29 is 19.1 Å². The summed E-state index contributed by atoms with van der Waals surface area (Å²) in [6.45, 7) is 11.0. The molecule has 3 amide bonds. The van der Waals surface area contributed by atoms with Crippen LogP contribution in [0.4, 0.5) is 5.69 Å². The summed E-state index contributed by atoms with van der Waals surface area (Å²) in [5.74, 6) is -1.96. The minimum atomic E-state index is -1.12. The molecule has 38 heavy (non-hydrogen) atoms. The number of fused-ring (bicyclic) bond motifs is 1. The van der Waals surface area contributed by atoms with Crippen molar-refractivity contribution in [3.05, 3.63) is 41.5 Å². The molecule has 3 fully saturated rings. The number of amides is 3. The minimum absolute atomic E-state index is 0.123. The molecule has 0 unspecified atom stereocenters. The summed E-state index contributed by atoms with van der Waals surface area (Å²) < 4.78 is 6.48. The molecule has 1 saturated carbocycles. The van der Waals surface area contributed by atoms with Crippen molar-refractivity contribution in [2.75, 3.05) is 31.5 Å². The van der Waals surface area contributed by atoms with Crippen LogP contribution in [0.3, 0.4) is 0 Å². The Morgan fingerprint density at radius 2 is 1.74 bits per heavy atom. The molecule has 1 aromatic rings. The molecule has 8 heteroatoms. The lowest BCUT2D eigenvalue weighted by Crippen LogP contribution is -2.57. The molecule has 1 spiro atoms. The zero-order valence-corrected chi connectivity index (χ0v) is 23.2. The summed E-state index contributed by atoms with van der Waals surface area (Å²) in [5.41, 5.74) is 1.71. The molecule has 2 saturated heterocycles. The van der Waals surface area contributed by atoms with E-state index in [-0.39, 0.29) is 23.8 Å². The number of rotatable bonds is 9. The molecule has 0 aromatic heterocycles. The third-order valence-electron chi connectivity index (χ3n) is 8.92. The lowest BCUT2D eigenvalue weighted by atomic mass is 9.74. The summed E-state index contributed by atoms with van der Waals surface area (Å²) in [6, 6.07) is 5.25. The molecular formula is C30H42N4O4. The van der Waals surface area contributed by atoms with Gasteiger partial charge >= 0.3 is 0 Å². The van der Waals surface area contributed by atoms with Crippen molar-refractivity contribution in [2.24, 2.45) is 11.8 Å². The van der Waals surface area contributed by atoms with Gasteiger partial charge in [-0.05, 0) is 63.0 Å². The SMILES string of the molecule is CCN(CC)CCN1C(=O)[C@@H]2[C@@H](C(=O)Nc3cc(C)cc(C)c3)[C@@H]3C=C[C@@]2(O3)[C@@H]1C(=O)NC1CCCCC1. The number of carbonyl (C=O) groups excluding carboxylic acids is 3. The van der Waals surface area contributed by atoms with E-state index in [2.05, 4.69) is 35.4 Å². The summed E-state index contributed by atoms with van der Waals surface area (Å²) in [5, 5.41) is 6.29. The lowest BCUT2D eigenvalue weighted by Gasteiger charge is -2.34. The highest BCUT2D eigenvalue weighted by Crippen LogP contribution is 2.55. The number of likely N-dealkylation sites (tertiary alicyclic amines) is 1. The van der Waals surface area contributed by atoms with Crippen LogP contribution in [0.15, 0.2) is 30.4 Å². The summed E-state index contributed by atoms with van der Waals surface area (Å²) in [4.78, 5) is 45.6. The molecule has 5 rings (SSSR count). The maximum atomic E-state index is 14.1. The van der Waals surface area contributed by atoms with E-state index in [0.29, 0.717) is 18.8 Å². The van der Waals surface area contributed by atoms with E-state index < -0.39 is 29.6 Å². The van der Waals surface area contributed by atoms with Gasteiger partial charge < -0.3 is 25.2 Å². The van der Waals surface area contributed by atoms with Gasteiger partial charge in [0.05, 0.1) is 17.9 Å². The number of anilines is 1. The van der Waals surface area contributed by atoms with E-state index in [1.54, 1.807) is 4.90 Å². The van der Waals surface area contributed by atoms with Crippen molar-refractivity contribution in [2.45, 2.75) is 83.6 Å². The average molecular weight is 523 g/mol. The Kier molecular flexibility index (Phi) is 7.65. The summed E-state index contributed by atoms with van der Waals surface area (Å²) >= 11 is 0. The number of nitrogens with zero attached hydrogens (tertiary/aromatic N) is 2. The fraction of sp³-hybridized carbons (Fsp3) is 0.633. The maximum Gasteiger partial charge on any atom is 0.246 e. The first kappa shape index (κ1) is 26.9. The van der Waals surface area contributed by atoms with Crippen LogP contribution in [0.5, 0.6) is 0 Å². The maximum absolute atomic E-state index is 14.1. The van der Waals surface area contributed by atoms with Crippen molar-refractivity contribution >= 4 is 23.4 Å². The van der Waals surface area contributed by atoms with Gasteiger partial charge in [-0.25, -0.2) is 0 Å². The molecule has 3 heterocycles. The van der Waals surface area contributed by atoms with Crippen LogP contribution in [0.2, 0.25) is 0 Å². The Morgan fingerprint density at radius 3 is 2.39 bits per heavy atom. The van der Waals surface area contributed by atoms with Gasteiger partial charge in [-0.2, -0.15) is 0 Å². The smallest absolute Gasteiger partial charge is 0.246 e. The standard InChI is InChI=1S/C30H42N4O4/c1-5-33(6-2)14-15-34-26(28(36)31-21-10-8-7-9-11-21)30-13-12-23(38-30)24(25(30)29(34)37)27(35)32-22-17-19(3)16-20(4)18-22/h12-13,16-18,21,23-26H,5-11,14-15H2,1-4H3,(H,31,36)(H,32,35)/t23-,24-,25-,26-,30-/m0/s1. The van der Waals surface area contributed by atoms with E-state index in [4.69, 9.17) is 4.74 Å². The molecule has 3 aliphatic heterocycles. The number of nitrogens with one attached hydrogen (secondary N) is 2. The first-order chi connectivity index (χ1) is 18.3. The van der Waals surface area contributed by atoms with E-state index in [1.807, 2.05) is 38.1 Å². The third-order valence-corrected chi connectivity index (χ3v) is 8.92. The Balaban J connectivity index is 1.43. The zero-order chi connectivity index (χ0) is 27.0. The van der Waals surface area contributed by atoms with Gasteiger partial charge in [0, 0.05) is 24.8 Å². The van der Waals surface area contributed by atoms with E-state index in [9.17, 15) is 14.4 Å². The van der Waals surface area contributed by atoms with E-state index in [0.717, 1.165) is 49.9 Å². The van der Waals surface area contributed by atoms with Crippen LogP contribution < -0.4 is 10.6 Å². The predicted octanol–water partition coefficient (Wildman–Crippen LogP) is 3.18. The number of likely N-dealkylation sites (N-methyl/N-ethyl adjacent to an activating group) is 1. The van der Waals surface area contributed by atoms with Gasteiger partial charge in [0.15, 0.2) is 0 Å². The molecular weight excluding hydrogens is 480 g/mol. The Morgan fingerprint density at radius 1 is 1.05 bits per heavy atom. The average Bonchev–Trinajstić information content (AvgIpc) is 3.52. The number of carbonyl (C=O) groups is 3. The van der Waals surface area contributed by atoms with Gasteiger partial charge in [0.1, 0.15) is 11.6 Å². The molecule has 8 nitrogen and oxygen atoms in total. The monoisotopic (exact) mass is 522 g/mol. The minimum Gasteiger partial charge on any atom is -0.359 e. The summed E-state index contributed by atoms with van der Waals surface area (Å²) in [6.07, 6.45) is 8.57. The number of benzene rings is 1. The topological polar surface area (TPSA) is 91.0 Å². The van der Waals surface area contributed by atoms with E-state index >= 15 is 0 Å². The van der Waals surface area contributed by atoms with Crippen molar-refractivity contribution in [1.29, 1.82) is 0 Å². The first-order valence-electron chi connectivity index (χ1n) is 14.4. The molecule has 4 aliphatic rings. The van der Waals surface area contributed by atoms with Gasteiger partial charge in [-0.3, -0.25) is 14.4 Å². The van der Waals surface area contributed by atoms with Gasteiger partial charge in [-0.15, -0.1) is 0 Å². The van der Waals surface area contributed by atoms with E-state index in [1.165, 1.54) is 6.42 Å². The van der Waals surface area contributed by atoms with Crippen molar-refractivity contribution in [1.82, 2.24) is 15.1 Å². The number of hydrogen-bond acceptors (Lipinski definition) is 5. The number of hydrogen-bond donors (Lipinski definition) is 2. The summed E-state index contributed by atoms with van der Waals surface area (Å²) in [7, 11) is 0.